The van der Waals surface area contributed by atoms with Crippen LogP contribution in [0.15, 0.2) is 6.07 Å². The van der Waals surface area contributed by atoms with Crippen LogP contribution in [-0.4, -0.2) is 24.5 Å². The molecule has 0 bridgehead atoms. The third-order valence-electron chi connectivity index (χ3n) is 3.09. The first-order valence-electron chi connectivity index (χ1n) is 5.12. The van der Waals surface area contributed by atoms with E-state index in [2.05, 4.69) is 31.9 Å². The highest BCUT2D eigenvalue weighted by atomic mass is 32.1. The van der Waals surface area contributed by atoms with Crippen LogP contribution in [0.4, 0.5) is 0 Å². The third kappa shape index (κ3) is 1.60. The first-order valence-corrected chi connectivity index (χ1v) is 5.94. The third-order valence-corrected chi connectivity index (χ3v) is 4.08. The number of likely N-dealkylation sites (tertiary alicyclic amines) is 1. The molecule has 0 radical (unpaired) electrons. The van der Waals surface area contributed by atoms with Crippen molar-refractivity contribution in [3.63, 3.8) is 0 Å². The Morgan fingerprint density at radius 1 is 1.50 bits per heavy atom. The molecule has 2 nitrogen and oxygen atoms in total. The van der Waals surface area contributed by atoms with Crippen molar-refractivity contribution in [1.82, 2.24) is 4.90 Å². The molecule has 2 N–H and O–H groups in total. The van der Waals surface area contributed by atoms with Crippen LogP contribution in [0.5, 0.6) is 0 Å². The summed E-state index contributed by atoms with van der Waals surface area (Å²) in [6.45, 7) is 5.49. The quantitative estimate of drug-likeness (QED) is 0.769. The molecule has 2 atom stereocenters. The fourth-order valence-electron chi connectivity index (χ4n) is 2.39. The van der Waals surface area contributed by atoms with Gasteiger partial charge in [-0.05, 0) is 38.9 Å². The predicted molar refractivity (Wildman–Crippen MR) is 61.8 cm³/mol. The standard InChI is InChI=1S/C11H18N2S/c1-7-6-9(8(2)14-7)11-10(12)4-5-13(11)3/h6,10-11H,4-5,12H2,1-3H3. The van der Waals surface area contributed by atoms with Gasteiger partial charge in [0.1, 0.15) is 0 Å². The van der Waals surface area contributed by atoms with E-state index in [1.807, 2.05) is 11.3 Å². The van der Waals surface area contributed by atoms with Crippen LogP contribution in [0.1, 0.15) is 27.8 Å². The van der Waals surface area contributed by atoms with E-state index < -0.39 is 0 Å². The second kappa shape index (κ2) is 3.65. The Kier molecular flexibility index (Phi) is 2.64. The molecule has 1 aromatic heterocycles. The number of aryl methyl sites for hydroxylation is 2. The van der Waals surface area contributed by atoms with Gasteiger partial charge in [0, 0.05) is 22.3 Å². The van der Waals surface area contributed by atoms with Gasteiger partial charge in [0.05, 0.1) is 6.04 Å². The van der Waals surface area contributed by atoms with Gasteiger partial charge in [0.2, 0.25) is 0 Å². The zero-order chi connectivity index (χ0) is 10.3. The SMILES string of the molecule is Cc1cc(C2C(N)CCN2C)c(C)s1. The van der Waals surface area contributed by atoms with Crippen molar-refractivity contribution < 1.29 is 0 Å². The van der Waals surface area contributed by atoms with E-state index in [1.54, 1.807) is 0 Å². The molecule has 2 rings (SSSR count). The summed E-state index contributed by atoms with van der Waals surface area (Å²) < 4.78 is 0. The van der Waals surface area contributed by atoms with Crippen LogP contribution in [0, 0.1) is 13.8 Å². The number of thiophene rings is 1. The summed E-state index contributed by atoms with van der Waals surface area (Å²) in [5, 5.41) is 0. The number of likely N-dealkylation sites (N-methyl/N-ethyl adjacent to an activating group) is 1. The Morgan fingerprint density at radius 2 is 2.21 bits per heavy atom. The maximum Gasteiger partial charge on any atom is 0.0507 e. The zero-order valence-electron chi connectivity index (χ0n) is 9.08. The van der Waals surface area contributed by atoms with Crippen molar-refractivity contribution in [2.24, 2.45) is 5.73 Å². The Labute approximate surface area is 89.7 Å². The first-order chi connectivity index (χ1) is 6.59. The van der Waals surface area contributed by atoms with Gasteiger partial charge in [0.15, 0.2) is 0 Å². The summed E-state index contributed by atoms with van der Waals surface area (Å²) in [5.74, 6) is 0. The average molecular weight is 210 g/mol. The van der Waals surface area contributed by atoms with Crippen molar-refractivity contribution in [3.8, 4) is 0 Å². The summed E-state index contributed by atoms with van der Waals surface area (Å²) in [7, 11) is 2.17. The fourth-order valence-corrected chi connectivity index (χ4v) is 3.36. The van der Waals surface area contributed by atoms with E-state index in [0.717, 1.165) is 13.0 Å². The number of nitrogens with two attached hydrogens (primary N) is 1. The lowest BCUT2D eigenvalue weighted by atomic mass is 10.0. The second-order valence-corrected chi connectivity index (χ2v) is 5.71. The van der Waals surface area contributed by atoms with Gasteiger partial charge in [-0.15, -0.1) is 11.3 Å². The molecular weight excluding hydrogens is 192 g/mol. The zero-order valence-corrected chi connectivity index (χ0v) is 9.90. The van der Waals surface area contributed by atoms with Crippen molar-refractivity contribution in [1.29, 1.82) is 0 Å². The molecule has 0 aliphatic carbocycles. The van der Waals surface area contributed by atoms with Gasteiger partial charge in [-0.3, -0.25) is 4.90 Å². The minimum Gasteiger partial charge on any atom is -0.326 e. The predicted octanol–water partition coefficient (Wildman–Crippen LogP) is 2.07. The highest BCUT2D eigenvalue weighted by Gasteiger charge is 2.31. The lowest BCUT2D eigenvalue weighted by Gasteiger charge is -2.22. The van der Waals surface area contributed by atoms with Crippen LogP contribution in [0.3, 0.4) is 0 Å². The summed E-state index contributed by atoms with van der Waals surface area (Å²) in [6, 6.07) is 3.06. The number of rotatable bonds is 1. The monoisotopic (exact) mass is 210 g/mol. The van der Waals surface area contributed by atoms with Crippen molar-refractivity contribution in [2.75, 3.05) is 13.6 Å². The lowest BCUT2D eigenvalue weighted by Crippen LogP contribution is -2.29. The minimum atomic E-state index is 0.313. The van der Waals surface area contributed by atoms with E-state index in [1.165, 1.54) is 15.3 Å². The second-order valence-electron chi connectivity index (χ2n) is 4.25. The topological polar surface area (TPSA) is 29.3 Å². The molecular formula is C11H18N2S. The summed E-state index contributed by atoms with van der Waals surface area (Å²) in [5.41, 5.74) is 7.59. The molecule has 3 heteroatoms. The van der Waals surface area contributed by atoms with E-state index in [4.69, 9.17) is 5.73 Å². The molecule has 0 aromatic carbocycles. The van der Waals surface area contributed by atoms with E-state index in [-0.39, 0.29) is 0 Å². The van der Waals surface area contributed by atoms with Gasteiger partial charge >= 0.3 is 0 Å². The molecule has 1 aromatic rings. The van der Waals surface area contributed by atoms with Gasteiger partial charge in [-0.1, -0.05) is 0 Å². The fraction of sp³-hybridized carbons (Fsp3) is 0.636. The number of nitrogens with zero attached hydrogens (tertiary/aromatic N) is 1. The Morgan fingerprint density at radius 3 is 2.64 bits per heavy atom. The van der Waals surface area contributed by atoms with Crippen LogP contribution in [0.25, 0.3) is 0 Å². The number of hydrogen-bond acceptors (Lipinski definition) is 3. The van der Waals surface area contributed by atoms with Crippen LogP contribution >= 0.6 is 11.3 Å². The highest BCUT2D eigenvalue weighted by molar-refractivity contribution is 7.12. The molecule has 2 heterocycles. The molecule has 1 aliphatic rings. The van der Waals surface area contributed by atoms with E-state index >= 15 is 0 Å². The van der Waals surface area contributed by atoms with Crippen LogP contribution in [0.2, 0.25) is 0 Å². The molecule has 1 aliphatic heterocycles. The summed E-state index contributed by atoms with van der Waals surface area (Å²) >= 11 is 1.88. The Hall–Kier alpha value is -0.380. The van der Waals surface area contributed by atoms with Crippen molar-refractivity contribution in [2.45, 2.75) is 32.4 Å². The molecule has 1 saturated heterocycles. The van der Waals surface area contributed by atoms with Crippen LogP contribution < -0.4 is 5.73 Å². The Bertz CT molecular complexity index is 322. The molecule has 78 valence electrons. The van der Waals surface area contributed by atoms with E-state index in [9.17, 15) is 0 Å². The largest absolute Gasteiger partial charge is 0.326 e. The summed E-state index contributed by atoms with van der Waals surface area (Å²) in [6.07, 6.45) is 1.12. The first kappa shape index (κ1) is 10.1. The normalized spacial score (nSPS) is 28.6. The van der Waals surface area contributed by atoms with Gasteiger partial charge < -0.3 is 5.73 Å². The highest BCUT2D eigenvalue weighted by Crippen LogP contribution is 2.35. The molecule has 14 heavy (non-hydrogen) atoms. The van der Waals surface area contributed by atoms with Gasteiger partial charge in [-0.25, -0.2) is 0 Å². The van der Waals surface area contributed by atoms with Gasteiger partial charge in [0.25, 0.3) is 0 Å². The maximum atomic E-state index is 6.14. The van der Waals surface area contributed by atoms with Crippen molar-refractivity contribution in [3.05, 3.63) is 21.4 Å². The van der Waals surface area contributed by atoms with Gasteiger partial charge in [-0.2, -0.15) is 0 Å². The maximum absolute atomic E-state index is 6.14. The average Bonchev–Trinajstić information content (AvgIpc) is 2.57. The molecule has 0 saturated carbocycles. The molecule has 0 spiro atoms. The molecule has 1 fully saturated rings. The minimum absolute atomic E-state index is 0.313. The lowest BCUT2D eigenvalue weighted by molar-refractivity contribution is 0.304. The van der Waals surface area contributed by atoms with Crippen LogP contribution in [-0.2, 0) is 0 Å². The molecule has 2 unspecified atom stereocenters. The summed E-state index contributed by atoms with van der Waals surface area (Å²) in [4.78, 5) is 5.20. The molecule has 0 amide bonds. The van der Waals surface area contributed by atoms with Crippen molar-refractivity contribution >= 4 is 11.3 Å². The van der Waals surface area contributed by atoms with E-state index in [0.29, 0.717) is 12.1 Å². The number of hydrogen-bond donors (Lipinski definition) is 1. The smallest absolute Gasteiger partial charge is 0.0507 e. The Balaban J connectivity index is 2.33.